The van der Waals surface area contributed by atoms with E-state index in [-0.39, 0.29) is 17.3 Å². The van der Waals surface area contributed by atoms with Gasteiger partial charge in [-0.2, -0.15) is 9.40 Å². The summed E-state index contributed by atoms with van der Waals surface area (Å²) in [6.07, 6.45) is 4.15. The first-order chi connectivity index (χ1) is 19.7. The predicted molar refractivity (Wildman–Crippen MR) is 152 cm³/mol. The third-order valence-electron chi connectivity index (χ3n) is 7.57. The lowest BCUT2D eigenvalue weighted by Gasteiger charge is -2.37. The minimum absolute atomic E-state index is 0.236. The van der Waals surface area contributed by atoms with E-state index in [1.165, 1.54) is 6.20 Å². The number of carbonyl (C=O) groups is 1. The molecule has 1 unspecified atom stereocenters. The van der Waals surface area contributed by atoms with Crippen LogP contribution >= 0.6 is 0 Å². The molecular weight excluding hydrogens is 542 g/mol. The largest absolute Gasteiger partial charge is 0.494 e. The highest BCUT2D eigenvalue weighted by Gasteiger charge is 2.40. The number of sulfonamides is 1. The first-order valence-electron chi connectivity index (χ1n) is 13.5. The normalized spacial score (nSPS) is 17.6. The molecule has 3 aliphatic heterocycles. The molecule has 0 aliphatic carbocycles. The third-order valence-corrected chi connectivity index (χ3v) is 9.69. The molecule has 5 heterocycles. The summed E-state index contributed by atoms with van der Waals surface area (Å²) >= 11 is 0. The Morgan fingerprint density at radius 2 is 1.88 bits per heavy atom. The highest BCUT2D eigenvalue weighted by molar-refractivity contribution is 7.89. The van der Waals surface area contributed by atoms with Gasteiger partial charge in [-0.05, 0) is 73.7 Å². The van der Waals surface area contributed by atoms with Crippen molar-refractivity contribution in [1.82, 2.24) is 24.4 Å². The predicted octanol–water partition coefficient (Wildman–Crippen LogP) is 4.07. The first kappa shape index (κ1) is 27.0. The highest BCUT2D eigenvalue weighted by Crippen LogP contribution is 2.42. The maximum atomic E-state index is 14.3. The van der Waals surface area contributed by atoms with Crippen LogP contribution in [0.5, 0.6) is 17.2 Å². The number of ether oxygens (including phenoxy) is 2. The quantitative estimate of drug-likeness (QED) is 0.384. The number of carbonyl (C=O) groups excluding carboxylic acids is 1. The van der Waals surface area contributed by atoms with Gasteiger partial charge in [0.15, 0.2) is 0 Å². The van der Waals surface area contributed by atoms with Crippen molar-refractivity contribution in [3.05, 3.63) is 94.6 Å². The summed E-state index contributed by atoms with van der Waals surface area (Å²) in [6, 6.07) is 14.3. The summed E-state index contributed by atoms with van der Waals surface area (Å²) < 4.78 is 43.9. The zero-order chi connectivity index (χ0) is 28.7. The summed E-state index contributed by atoms with van der Waals surface area (Å²) in [5, 5.41) is 7.27. The number of aryl methyl sites for hydroxylation is 2. The average molecular weight is 574 g/mol. The van der Waals surface area contributed by atoms with Gasteiger partial charge in [0.25, 0.3) is 5.91 Å². The molecular formula is C30H31N5O5S. The summed E-state index contributed by atoms with van der Waals surface area (Å²) in [4.78, 5) is 17.0. The van der Waals surface area contributed by atoms with Crippen LogP contribution in [0.25, 0.3) is 0 Å². The molecule has 1 amide bonds. The van der Waals surface area contributed by atoms with E-state index in [1.807, 2.05) is 42.5 Å². The number of fused-ring (bicyclic) bond motifs is 6. The van der Waals surface area contributed by atoms with Gasteiger partial charge in [0.1, 0.15) is 22.1 Å². The van der Waals surface area contributed by atoms with E-state index in [2.05, 4.69) is 15.4 Å². The molecule has 0 fully saturated rings. The monoisotopic (exact) mass is 573 g/mol. The number of nitrogens with zero attached hydrogens (tertiary/aromatic N) is 4. The molecule has 0 saturated carbocycles. The number of rotatable bonds is 2. The van der Waals surface area contributed by atoms with Crippen LogP contribution in [0.1, 0.15) is 50.9 Å². The SMILES string of the molecule is Cc1nn(C)c(C)c1S(=O)(=O)N1CCc2cc3ccc2C1c1cccc(c1)OCCCNC(=O)c1cncc(c1)O3. The number of hydrogen-bond acceptors (Lipinski definition) is 7. The van der Waals surface area contributed by atoms with Crippen LogP contribution in [0.2, 0.25) is 0 Å². The second kappa shape index (κ2) is 10.6. The summed E-state index contributed by atoms with van der Waals surface area (Å²) in [5.74, 6) is 1.41. The minimum Gasteiger partial charge on any atom is -0.494 e. The summed E-state index contributed by atoms with van der Waals surface area (Å²) in [6.45, 7) is 4.59. The van der Waals surface area contributed by atoms with Gasteiger partial charge >= 0.3 is 0 Å². The van der Waals surface area contributed by atoms with Crippen LogP contribution in [0.15, 0.2) is 65.8 Å². The molecule has 212 valence electrons. The van der Waals surface area contributed by atoms with Crippen LogP contribution in [0.4, 0.5) is 0 Å². The fourth-order valence-corrected chi connectivity index (χ4v) is 7.57. The Morgan fingerprint density at radius 1 is 1.02 bits per heavy atom. The molecule has 0 spiro atoms. The topological polar surface area (TPSA) is 116 Å². The lowest BCUT2D eigenvalue weighted by molar-refractivity contribution is 0.0951. The molecule has 8 bridgehead atoms. The summed E-state index contributed by atoms with van der Waals surface area (Å²) in [5.41, 5.74) is 4.11. The Balaban J connectivity index is 1.48. The van der Waals surface area contributed by atoms with Gasteiger partial charge in [0.05, 0.1) is 35.8 Å². The maximum Gasteiger partial charge on any atom is 0.252 e. The molecule has 0 radical (unpaired) electrons. The van der Waals surface area contributed by atoms with Gasteiger partial charge < -0.3 is 14.8 Å². The van der Waals surface area contributed by atoms with E-state index in [4.69, 9.17) is 9.47 Å². The molecule has 3 aliphatic rings. The fraction of sp³-hybridized carbons (Fsp3) is 0.300. The van der Waals surface area contributed by atoms with Crippen molar-refractivity contribution in [3.8, 4) is 17.2 Å². The molecule has 41 heavy (non-hydrogen) atoms. The second-order valence-corrected chi connectivity index (χ2v) is 12.1. The Morgan fingerprint density at radius 3 is 2.68 bits per heavy atom. The van der Waals surface area contributed by atoms with Gasteiger partial charge in [0.2, 0.25) is 10.0 Å². The van der Waals surface area contributed by atoms with Gasteiger partial charge in [-0.15, -0.1) is 0 Å². The molecule has 7 rings (SSSR count). The van der Waals surface area contributed by atoms with Crippen molar-refractivity contribution in [2.75, 3.05) is 19.7 Å². The van der Waals surface area contributed by atoms with Crippen molar-refractivity contribution < 1.29 is 22.7 Å². The van der Waals surface area contributed by atoms with Gasteiger partial charge in [-0.1, -0.05) is 18.2 Å². The van der Waals surface area contributed by atoms with Crippen molar-refractivity contribution in [1.29, 1.82) is 0 Å². The van der Waals surface area contributed by atoms with E-state index in [0.29, 0.717) is 60.2 Å². The molecule has 1 N–H and O–H groups in total. The molecule has 4 aromatic rings. The Bertz CT molecular complexity index is 1750. The number of benzene rings is 2. The van der Waals surface area contributed by atoms with Gasteiger partial charge in [0, 0.05) is 26.3 Å². The smallest absolute Gasteiger partial charge is 0.252 e. The summed E-state index contributed by atoms with van der Waals surface area (Å²) in [7, 11) is -2.16. The van der Waals surface area contributed by atoms with E-state index in [1.54, 1.807) is 42.1 Å². The Labute approximate surface area is 239 Å². The molecule has 11 heteroatoms. The van der Waals surface area contributed by atoms with Crippen LogP contribution < -0.4 is 14.8 Å². The van der Waals surface area contributed by atoms with Crippen LogP contribution in [0, 0.1) is 13.8 Å². The molecule has 2 aromatic heterocycles. The van der Waals surface area contributed by atoms with Crippen LogP contribution in [-0.2, 0) is 23.5 Å². The fourth-order valence-electron chi connectivity index (χ4n) is 5.57. The maximum absolute atomic E-state index is 14.3. The number of pyridine rings is 1. The third kappa shape index (κ3) is 5.07. The number of nitrogens with one attached hydrogen (secondary N) is 1. The lowest BCUT2D eigenvalue weighted by Crippen LogP contribution is -2.41. The van der Waals surface area contributed by atoms with E-state index < -0.39 is 16.1 Å². The van der Waals surface area contributed by atoms with E-state index in [9.17, 15) is 13.2 Å². The van der Waals surface area contributed by atoms with E-state index >= 15 is 0 Å². The molecule has 10 nitrogen and oxygen atoms in total. The second-order valence-electron chi connectivity index (χ2n) is 10.3. The lowest BCUT2D eigenvalue weighted by atomic mass is 9.89. The highest BCUT2D eigenvalue weighted by atomic mass is 32.2. The van der Waals surface area contributed by atoms with Gasteiger partial charge in [-0.3, -0.25) is 14.5 Å². The molecule has 0 saturated heterocycles. The Hall–Kier alpha value is -4.22. The van der Waals surface area contributed by atoms with Crippen LogP contribution in [0.3, 0.4) is 0 Å². The number of hydrogen-bond donors (Lipinski definition) is 1. The Kier molecular flexibility index (Phi) is 7.00. The first-order valence-corrected chi connectivity index (χ1v) is 14.9. The molecule has 2 aromatic carbocycles. The van der Waals surface area contributed by atoms with Crippen molar-refractivity contribution in [3.63, 3.8) is 0 Å². The van der Waals surface area contributed by atoms with E-state index in [0.717, 1.165) is 16.7 Å². The van der Waals surface area contributed by atoms with Crippen molar-refractivity contribution in [2.45, 2.75) is 37.6 Å². The zero-order valence-electron chi connectivity index (χ0n) is 23.1. The zero-order valence-corrected chi connectivity index (χ0v) is 23.9. The number of aromatic nitrogens is 3. The average Bonchev–Trinajstić information content (AvgIpc) is 3.22. The van der Waals surface area contributed by atoms with Crippen molar-refractivity contribution >= 4 is 15.9 Å². The minimum atomic E-state index is -3.91. The standard InChI is InChI=1S/C30H31N5O5S/c1-19-29(20(2)34(3)33-19)41(37,38)35-12-10-21-14-25-8-9-27(21)28(35)22-6-4-7-24(15-22)39-13-5-11-32-30(36)23-16-26(40-25)18-31-17-23/h4,6-9,14-18,28H,5,10-13H2,1-3H3,(H,32,36). The van der Waals surface area contributed by atoms with Crippen LogP contribution in [-0.4, -0.2) is 53.1 Å². The number of amides is 1. The van der Waals surface area contributed by atoms with Gasteiger partial charge in [-0.25, -0.2) is 8.42 Å². The molecule has 1 atom stereocenters. The van der Waals surface area contributed by atoms with Crippen molar-refractivity contribution in [2.24, 2.45) is 7.05 Å².